The van der Waals surface area contributed by atoms with E-state index in [1.54, 1.807) is 0 Å². The summed E-state index contributed by atoms with van der Waals surface area (Å²) in [5, 5.41) is 2.37. The second kappa shape index (κ2) is 5.20. The van der Waals surface area contributed by atoms with Crippen molar-refractivity contribution in [2.75, 3.05) is 4.90 Å². The highest BCUT2D eigenvalue weighted by Gasteiger charge is 2.33. The van der Waals surface area contributed by atoms with Gasteiger partial charge in [-0.1, -0.05) is 0 Å². The highest BCUT2D eigenvalue weighted by molar-refractivity contribution is 7.80. The molecule has 0 aliphatic carbocycles. The van der Waals surface area contributed by atoms with E-state index in [1.165, 1.54) is 12.1 Å². The van der Waals surface area contributed by atoms with E-state index < -0.39 is 24.3 Å². The molecule has 0 atom stereocenters. The van der Waals surface area contributed by atoms with E-state index in [0.717, 1.165) is 23.1 Å². The third-order valence-electron chi connectivity index (χ3n) is 2.50. The zero-order valence-electron chi connectivity index (χ0n) is 9.87. The average Bonchev–Trinajstić information content (AvgIpc) is 2.63. The standard InChI is InChI=1S/C12H8F4N2OS/c13-7-1-3-8(4-2-7)18-10(19)9(17-11(18)20)5-6-12(14,15)16/h1-5H,6H2,(H,17,20)/b9-5+. The smallest absolute Gasteiger partial charge is 0.328 e. The third kappa shape index (κ3) is 3.13. The van der Waals surface area contributed by atoms with E-state index in [4.69, 9.17) is 12.2 Å². The number of anilines is 1. The van der Waals surface area contributed by atoms with Crippen LogP contribution in [0.15, 0.2) is 36.0 Å². The van der Waals surface area contributed by atoms with Crippen LogP contribution >= 0.6 is 12.2 Å². The molecule has 1 N–H and O–H groups in total. The first-order valence-electron chi connectivity index (χ1n) is 5.46. The summed E-state index contributed by atoms with van der Waals surface area (Å²) in [7, 11) is 0. The minimum absolute atomic E-state index is 0.0463. The van der Waals surface area contributed by atoms with Crippen LogP contribution in [0.4, 0.5) is 23.2 Å². The van der Waals surface area contributed by atoms with Crippen molar-refractivity contribution in [3.05, 3.63) is 41.9 Å². The number of carbonyl (C=O) groups excluding carboxylic acids is 1. The van der Waals surface area contributed by atoms with E-state index in [2.05, 4.69) is 5.32 Å². The number of benzene rings is 1. The fourth-order valence-electron chi connectivity index (χ4n) is 1.62. The van der Waals surface area contributed by atoms with Gasteiger partial charge in [-0.05, 0) is 42.6 Å². The molecule has 0 spiro atoms. The lowest BCUT2D eigenvalue weighted by molar-refractivity contribution is -0.125. The molecule has 106 valence electrons. The van der Waals surface area contributed by atoms with Gasteiger partial charge in [0, 0.05) is 0 Å². The van der Waals surface area contributed by atoms with Crippen LogP contribution in [0.3, 0.4) is 0 Å². The van der Waals surface area contributed by atoms with Crippen LogP contribution in [0.1, 0.15) is 6.42 Å². The normalized spacial score (nSPS) is 17.8. The van der Waals surface area contributed by atoms with Gasteiger partial charge in [-0.3, -0.25) is 9.69 Å². The molecular formula is C12H8F4N2OS. The van der Waals surface area contributed by atoms with Gasteiger partial charge in [0.15, 0.2) is 5.11 Å². The number of thiocarbonyl (C=S) groups is 1. The Hall–Kier alpha value is -1.96. The molecule has 20 heavy (non-hydrogen) atoms. The summed E-state index contributed by atoms with van der Waals surface area (Å²) >= 11 is 4.90. The highest BCUT2D eigenvalue weighted by atomic mass is 32.1. The minimum Gasteiger partial charge on any atom is -0.328 e. The van der Waals surface area contributed by atoms with Gasteiger partial charge < -0.3 is 5.32 Å². The third-order valence-corrected chi connectivity index (χ3v) is 2.79. The lowest BCUT2D eigenvalue weighted by Crippen LogP contribution is -2.30. The van der Waals surface area contributed by atoms with Crippen LogP contribution in [0, 0.1) is 5.82 Å². The van der Waals surface area contributed by atoms with Crippen LogP contribution in [0.2, 0.25) is 0 Å². The Bertz CT molecular complexity index is 580. The second-order valence-corrected chi connectivity index (χ2v) is 4.37. The summed E-state index contributed by atoms with van der Waals surface area (Å²) in [4.78, 5) is 13.0. The number of halogens is 4. The van der Waals surface area contributed by atoms with Gasteiger partial charge in [0.25, 0.3) is 5.91 Å². The summed E-state index contributed by atoms with van der Waals surface area (Å²) in [6.07, 6.45) is -4.90. The van der Waals surface area contributed by atoms with E-state index in [9.17, 15) is 22.4 Å². The van der Waals surface area contributed by atoms with Gasteiger partial charge in [-0.15, -0.1) is 0 Å². The zero-order valence-corrected chi connectivity index (χ0v) is 10.7. The minimum atomic E-state index is -4.40. The van der Waals surface area contributed by atoms with Gasteiger partial charge in [-0.25, -0.2) is 4.39 Å². The molecule has 1 aliphatic heterocycles. The van der Waals surface area contributed by atoms with Crippen molar-refractivity contribution in [1.82, 2.24) is 5.32 Å². The van der Waals surface area contributed by atoms with Crippen molar-refractivity contribution in [3.63, 3.8) is 0 Å². The average molecular weight is 304 g/mol. The molecule has 1 heterocycles. The van der Waals surface area contributed by atoms with Crippen LogP contribution in [-0.4, -0.2) is 17.2 Å². The van der Waals surface area contributed by atoms with Crippen LogP contribution in [0.5, 0.6) is 0 Å². The molecule has 1 fully saturated rings. The van der Waals surface area contributed by atoms with Crippen LogP contribution < -0.4 is 10.2 Å². The first kappa shape index (κ1) is 14.4. The van der Waals surface area contributed by atoms with Gasteiger partial charge in [-0.2, -0.15) is 13.2 Å². The van der Waals surface area contributed by atoms with Crippen molar-refractivity contribution in [1.29, 1.82) is 0 Å². The number of carbonyl (C=O) groups is 1. The summed E-state index contributed by atoms with van der Waals surface area (Å²) in [6, 6.07) is 4.88. The molecule has 8 heteroatoms. The predicted molar refractivity (Wildman–Crippen MR) is 68.4 cm³/mol. The summed E-state index contributed by atoms with van der Waals surface area (Å²) in [6.45, 7) is 0. The molecular weight excluding hydrogens is 296 g/mol. The Morgan fingerprint density at radius 2 is 1.85 bits per heavy atom. The quantitative estimate of drug-likeness (QED) is 0.518. The molecule has 1 amide bonds. The molecule has 2 rings (SSSR count). The molecule has 1 aromatic rings. The predicted octanol–water partition coefficient (Wildman–Crippen LogP) is 2.88. The molecule has 0 radical (unpaired) electrons. The zero-order chi connectivity index (χ0) is 14.9. The number of rotatable bonds is 2. The Balaban J connectivity index is 2.23. The summed E-state index contributed by atoms with van der Waals surface area (Å²) in [5.74, 6) is -1.20. The molecule has 0 unspecified atom stereocenters. The fourth-order valence-corrected chi connectivity index (χ4v) is 1.92. The first-order valence-corrected chi connectivity index (χ1v) is 5.87. The summed E-state index contributed by atoms with van der Waals surface area (Å²) in [5.41, 5.74) is 0.0426. The summed E-state index contributed by atoms with van der Waals surface area (Å²) < 4.78 is 49.2. The number of amides is 1. The number of nitrogens with zero attached hydrogens (tertiary/aromatic N) is 1. The fraction of sp³-hybridized carbons (Fsp3) is 0.167. The Morgan fingerprint density at radius 1 is 1.25 bits per heavy atom. The number of allylic oxidation sites excluding steroid dienone is 1. The number of hydrogen-bond donors (Lipinski definition) is 1. The van der Waals surface area contributed by atoms with Gasteiger partial charge in [0.05, 0.1) is 12.1 Å². The van der Waals surface area contributed by atoms with E-state index >= 15 is 0 Å². The Labute approximate surface area is 116 Å². The van der Waals surface area contributed by atoms with Crippen molar-refractivity contribution >= 4 is 28.9 Å². The maximum atomic E-state index is 12.8. The van der Waals surface area contributed by atoms with Crippen LogP contribution in [0.25, 0.3) is 0 Å². The SMILES string of the molecule is O=C1/C(=C\CC(F)(F)F)NC(=S)N1c1ccc(F)cc1. The maximum Gasteiger partial charge on any atom is 0.392 e. The van der Waals surface area contributed by atoms with Crippen LogP contribution in [-0.2, 0) is 4.79 Å². The number of alkyl halides is 3. The molecule has 1 aliphatic rings. The van der Waals surface area contributed by atoms with Crippen molar-refractivity contribution in [2.45, 2.75) is 12.6 Å². The Kier molecular flexibility index (Phi) is 3.76. The lowest BCUT2D eigenvalue weighted by Gasteiger charge is -2.13. The highest BCUT2D eigenvalue weighted by Crippen LogP contribution is 2.24. The monoisotopic (exact) mass is 304 g/mol. The van der Waals surface area contributed by atoms with Gasteiger partial charge in [0.1, 0.15) is 11.5 Å². The van der Waals surface area contributed by atoms with Gasteiger partial charge >= 0.3 is 6.18 Å². The molecule has 1 aromatic carbocycles. The van der Waals surface area contributed by atoms with Gasteiger partial charge in [0.2, 0.25) is 0 Å². The number of nitrogens with one attached hydrogen (secondary N) is 1. The topological polar surface area (TPSA) is 32.3 Å². The largest absolute Gasteiger partial charge is 0.392 e. The van der Waals surface area contributed by atoms with Crippen molar-refractivity contribution in [2.24, 2.45) is 0 Å². The van der Waals surface area contributed by atoms with E-state index in [0.29, 0.717) is 0 Å². The molecule has 0 aromatic heterocycles. The Morgan fingerprint density at radius 3 is 2.40 bits per heavy atom. The lowest BCUT2D eigenvalue weighted by atomic mass is 10.2. The van der Waals surface area contributed by atoms with Crippen molar-refractivity contribution in [3.8, 4) is 0 Å². The maximum absolute atomic E-state index is 12.8. The van der Waals surface area contributed by atoms with Crippen molar-refractivity contribution < 1.29 is 22.4 Å². The molecule has 0 bridgehead atoms. The molecule has 3 nitrogen and oxygen atoms in total. The molecule has 1 saturated heterocycles. The second-order valence-electron chi connectivity index (χ2n) is 3.98. The van der Waals surface area contributed by atoms with E-state index in [1.807, 2.05) is 0 Å². The number of hydrogen-bond acceptors (Lipinski definition) is 2. The van der Waals surface area contributed by atoms with E-state index in [-0.39, 0.29) is 16.5 Å². The first-order chi connectivity index (χ1) is 9.28. The molecule has 0 saturated carbocycles.